The lowest BCUT2D eigenvalue weighted by molar-refractivity contribution is -0.116. The summed E-state index contributed by atoms with van der Waals surface area (Å²) in [6, 6.07) is 35.6. The van der Waals surface area contributed by atoms with E-state index in [0.717, 1.165) is 10.5 Å². The standard InChI is InChI=1S/C40H37N3O7S/c1-47-31-19-11-17-29(23-31)42-40(46)37(26-13-7-5-8-14-26)51-32-20-12-18-30(24-32)41-39(45)33(43-38(44)27-15-9-6-10-16-27)21-28-22-35(49-3)36(50-4)25-34(28)48-2/h5-25,37H,1-4H3,(H,41,45)(H,42,46)(H,43,44)/b33-21+. The van der Waals surface area contributed by atoms with Gasteiger partial charge in [-0.25, -0.2) is 0 Å². The Morgan fingerprint density at radius 3 is 1.92 bits per heavy atom. The summed E-state index contributed by atoms with van der Waals surface area (Å²) >= 11 is 1.33. The van der Waals surface area contributed by atoms with Crippen molar-refractivity contribution in [1.29, 1.82) is 0 Å². The van der Waals surface area contributed by atoms with Gasteiger partial charge >= 0.3 is 0 Å². The molecule has 0 saturated heterocycles. The van der Waals surface area contributed by atoms with Gasteiger partial charge in [-0.05, 0) is 60.2 Å². The van der Waals surface area contributed by atoms with Gasteiger partial charge < -0.3 is 34.9 Å². The van der Waals surface area contributed by atoms with E-state index in [-0.39, 0.29) is 11.6 Å². The van der Waals surface area contributed by atoms with Crippen molar-refractivity contribution in [1.82, 2.24) is 5.32 Å². The zero-order valence-corrected chi connectivity index (χ0v) is 29.3. The zero-order chi connectivity index (χ0) is 36.2. The van der Waals surface area contributed by atoms with Crippen LogP contribution in [0.1, 0.15) is 26.7 Å². The SMILES string of the molecule is COc1cccc(NC(=O)C(Sc2cccc(NC(=O)/C(=C\c3cc(OC)c(OC)cc3OC)NC(=O)c3ccccc3)c2)c2ccccc2)c1. The van der Waals surface area contributed by atoms with Gasteiger partial charge in [0.05, 0.1) is 28.4 Å². The first-order valence-electron chi connectivity index (χ1n) is 15.8. The highest BCUT2D eigenvalue weighted by atomic mass is 32.2. The Bertz CT molecular complexity index is 2020. The number of ether oxygens (including phenoxy) is 4. The molecule has 5 aromatic rings. The van der Waals surface area contributed by atoms with Crippen molar-refractivity contribution in [2.45, 2.75) is 10.1 Å². The second kappa shape index (κ2) is 17.5. The Morgan fingerprint density at radius 1 is 0.627 bits per heavy atom. The Balaban J connectivity index is 1.43. The Labute approximate surface area is 300 Å². The first kappa shape index (κ1) is 36.1. The highest BCUT2D eigenvalue weighted by Gasteiger charge is 2.23. The summed E-state index contributed by atoms with van der Waals surface area (Å²) in [6.07, 6.45) is 1.50. The molecule has 0 saturated carbocycles. The van der Waals surface area contributed by atoms with Crippen LogP contribution in [-0.2, 0) is 9.59 Å². The molecule has 0 heterocycles. The van der Waals surface area contributed by atoms with Gasteiger partial charge in [-0.15, -0.1) is 11.8 Å². The molecular weight excluding hydrogens is 667 g/mol. The Hall–Kier alpha value is -6.20. The summed E-state index contributed by atoms with van der Waals surface area (Å²) in [6.45, 7) is 0. The topological polar surface area (TPSA) is 124 Å². The third-order valence-electron chi connectivity index (χ3n) is 7.59. The molecule has 260 valence electrons. The molecule has 1 unspecified atom stereocenters. The van der Waals surface area contributed by atoms with Crippen molar-refractivity contribution < 1.29 is 33.3 Å². The maximum absolute atomic E-state index is 13.9. The minimum atomic E-state index is -0.624. The zero-order valence-electron chi connectivity index (χ0n) is 28.5. The van der Waals surface area contributed by atoms with Crippen molar-refractivity contribution in [2.24, 2.45) is 0 Å². The number of hydrogen-bond donors (Lipinski definition) is 3. The van der Waals surface area contributed by atoms with Crippen LogP contribution < -0.4 is 34.9 Å². The third-order valence-corrected chi connectivity index (χ3v) is 8.84. The summed E-state index contributed by atoms with van der Waals surface area (Å²) in [5.74, 6) is 0.564. The molecule has 0 aromatic heterocycles. The normalized spacial score (nSPS) is 11.5. The van der Waals surface area contributed by atoms with Crippen LogP contribution in [0.2, 0.25) is 0 Å². The van der Waals surface area contributed by atoms with Crippen LogP contribution in [0.15, 0.2) is 132 Å². The fraction of sp³-hybridized carbons (Fsp3) is 0.125. The first-order chi connectivity index (χ1) is 24.8. The lowest BCUT2D eigenvalue weighted by Crippen LogP contribution is -2.30. The molecule has 0 radical (unpaired) electrons. The van der Waals surface area contributed by atoms with E-state index in [9.17, 15) is 14.4 Å². The smallest absolute Gasteiger partial charge is 0.272 e. The van der Waals surface area contributed by atoms with Gasteiger partial charge in [-0.3, -0.25) is 14.4 Å². The Morgan fingerprint density at radius 2 is 1.25 bits per heavy atom. The highest BCUT2D eigenvalue weighted by Crippen LogP contribution is 2.38. The second-order valence-electron chi connectivity index (χ2n) is 10.9. The summed E-state index contributed by atoms with van der Waals surface area (Å²) in [5, 5.41) is 8.01. The van der Waals surface area contributed by atoms with Gasteiger partial charge in [0.2, 0.25) is 5.91 Å². The van der Waals surface area contributed by atoms with E-state index in [1.165, 1.54) is 39.2 Å². The molecule has 51 heavy (non-hydrogen) atoms. The van der Waals surface area contributed by atoms with Crippen molar-refractivity contribution in [3.05, 3.63) is 144 Å². The molecule has 10 nitrogen and oxygen atoms in total. The van der Waals surface area contributed by atoms with Crippen LogP contribution in [-0.4, -0.2) is 46.2 Å². The average Bonchev–Trinajstić information content (AvgIpc) is 3.17. The van der Waals surface area contributed by atoms with Crippen LogP contribution in [0.5, 0.6) is 23.0 Å². The van der Waals surface area contributed by atoms with Gasteiger partial charge in [-0.2, -0.15) is 0 Å². The lowest BCUT2D eigenvalue weighted by atomic mass is 10.1. The van der Waals surface area contributed by atoms with Gasteiger partial charge in [0.1, 0.15) is 22.4 Å². The number of benzene rings is 5. The number of anilines is 2. The predicted molar refractivity (Wildman–Crippen MR) is 200 cm³/mol. The molecular formula is C40H37N3O7S. The molecule has 1 atom stereocenters. The highest BCUT2D eigenvalue weighted by molar-refractivity contribution is 8.00. The second-order valence-corrected chi connectivity index (χ2v) is 12.1. The molecule has 11 heteroatoms. The van der Waals surface area contributed by atoms with Crippen LogP contribution in [0, 0.1) is 0 Å². The minimum Gasteiger partial charge on any atom is -0.497 e. The number of carbonyl (C=O) groups excluding carboxylic acids is 3. The minimum absolute atomic E-state index is 0.0488. The van der Waals surface area contributed by atoms with Crippen molar-refractivity contribution in [2.75, 3.05) is 39.1 Å². The molecule has 5 aromatic carbocycles. The number of rotatable bonds is 14. The van der Waals surface area contributed by atoms with Gasteiger partial charge in [0, 0.05) is 39.5 Å². The van der Waals surface area contributed by atoms with Gasteiger partial charge in [0.25, 0.3) is 11.8 Å². The summed E-state index contributed by atoms with van der Waals surface area (Å²) in [7, 11) is 6.06. The molecule has 0 spiro atoms. The maximum atomic E-state index is 13.9. The largest absolute Gasteiger partial charge is 0.497 e. The van der Waals surface area contributed by atoms with Gasteiger partial charge in [0.15, 0.2) is 11.5 Å². The van der Waals surface area contributed by atoms with E-state index in [4.69, 9.17) is 18.9 Å². The summed E-state index contributed by atoms with van der Waals surface area (Å²) in [5.41, 5.74) is 2.63. The van der Waals surface area contributed by atoms with Crippen LogP contribution in [0.25, 0.3) is 6.08 Å². The van der Waals surface area contributed by atoms with Crippen molar-refractivity contribution in [3.8, 4) is 23.0 Å². The number of hydrogen-bond acceptors (Lipinski definition) is 8. The van der Waals surface area contributed by atoms with E-state index < -0.39 is 17.1 Å². The van der Waals surface area contributed by atoms with E-state index in [2.05, 4.69) is 16.0 Å². The van der Waals surface area contributed by atoms with Crippen LogP contribution >= 0.6 is 11.8 Å². The van der Waals surface area contributed by atoms with Crippen LogP contribution in [0.4, 0.5) is 11.4 Å². The molecule has 5 rings (SSSR count). The molecule has 3 N–H and O–H groups in total. The number of carbonyl (C=O) groups is 3. The number of thioether (sulfide) groups is 1. The molecule has 0 bridgehead atoms. The van der Waals surface area contributed by atoms with E-state index >= 15 is 0 Å². The molecule has 0 aliphatic carbocycles. The summed E-state index contributed by atoms with van der Waals surface area (Å²) in [4.78, 5) is 41.6. The van der Waals surface area contributed by atoms with E-state index in [1.54, 1.807) is 92.0 Å². The van der Waals surface area contributed by atoms with E-state index in [1.807, 2.05) is 36.4 Å². The molecule has 0 aliphatic rings. The van der Waals surface area contributed by atoms with Crippen LogP contribution in [0.3, 0.4) is 0 Å². The number of methoxy groups -OCH3 is 4. The van der Waals surface area contributed by atoms with Crippen molar-refractivity contribution in [3.63, 3.8) is 0 Å². The fourth-order valence-electron chi connectivity index (χ4n) is 5.05. The van der Waals surface area contributed by atoms with Gasteiger partial charge in [-0.1, -0.05) is 60.7 Å². The monoisotopic (exact) mass is 703 g/mol. The van der Waals surface area contributed by atoms with Crippen molar-refractivity contribution >= 4 is 46.9 Å². The first-order valence-corrected chi connectivity index (χ1v) is 16.7. The molecule has 0 fully saturated rings. The molecule has 3 amide bonds. The maximum Gasteiger partial charge on any atom is 0.272 e. The lowest BCUT2D eigenvalue weighted by Gasteiger charge is -2.18. The Kier molecular flexibility index (Phi) is 12.4. The fourth-order valence-corrected chi connectivity index (χ4v) is 6.14. The molecule has 0 aliphatic heterocycles. The average molecular weight is 704 g/mol. The number of amides is 3. The summed E-state index contributed by atoms with van der Waals surface area (Å²) < 4.78 is 21.7. The number of nitrogens with one attached hydrogen (secondary N) is 3. The quantitative estimate of drug-likeness (QED) is 0.0798. The third kappa shape index (κ3) is 9.49. The predicted octanol–water partition coefficient (Wildman–Crippen LogP) is 7.60. The van der Waals surface area contributed by atoms with E-state index in [0.29, 0.717) is 45.5 Å².